The van der Waals surface area contributed by atoms with Crippen molar-refractivity contribution in [2.45, 2.75) is 25.4 Å². The summed E-state index contributed by atoms with van der Waals surface area (Å²) < 4.78 is 0. The number of aliphatic hydroxyl groups is 1. The van der Waals surface area contributed by atoms with E-state index in [0.29, 0.717) is 0 Å². The van der Waals surface area contributed by atoms with E-state index in [0.717, 1.165) is 25.9 Å². The zero-order valence-electron chi connectivity index (χ0n) is 10.3. The van der Waals surface area contributed by atoms with E-state index in [1.807, 2.05) is 0 Å². The van der Waals surface area contributed by atoms with Crippen molar-refractivity contribution in [2.24, 2.45) is 0 Å². The molecule has 1 atom stereocenters. The minimum Gasteiger partial charge on any atom is -0.479 e. The number of nitrogens with zero attached hydrogens (tertiary/aromatic N) is 2. The van der Waals surface area contributed by atoms with Crippen molar-refractivity contribution >= 4 is 11.9 Å². The van der Waals surface area contributed by atoms with Gasteiger partial charge in [-0.15, -0.1) is 0 Å². The van der Waals surface area contributed by atoms with Crippen molar-refractivity contribution in [1.82, 2.24) is 9.80 Å². The second-order valence-electron chi connectivity index (χ2n) is 4.84. The number of carbonyl (C=O) groups excluding carboxylic acids is 1. The van der Waals surface area contributed by atoms with Crippen molar-refractivity contribution in [3.63, 3.8) is 0 Å². The highest BCUT2D eigenvalue weighted by Gasteiger charge is 2.32. The first-order valence-corrected chi connectivity index (χ1v) is 5.75. The number of carboxylic acids is 1. The summed E-state index contributed by atoms with van der Waals surface area (Å²) in [7, 11) is 1.63. The number of likely N-dealkylation sites (tertiary alicyclic amines) is 1. The summed E-state index contributed by atoms with van der Waals surface area (Å²) in [6.07, 6.45) is 2.06. The van der Waals surface area contributed by atoms with Crippen molar-refractivity contribution in [3.05, 3.63) is 0 Å². The molecule has 0 aromatic heterocycles. The summed E-state index contributed by atoms with van der Waals surface area (Å²) in [5.41, 5.74) is -1.82. The van der Waals surface area contributed by atoms with Gasteiger partial charge in [0, 0.05) is 19.6 Å². The third-order valence-electron chi connectivity index (χ3n) is 2.90. The molecule has 0 spiro atoms. The monoisotopic (exact) mass is 244 g/mol. The van der Waals surface area contributed by atoms with Gasteiger partial charge in [0.1, 0.15) is 0 Å². The zero-order valence-corrected chi connectivity index (χ0v) is 10.3. The van der Waals surface area contributed by atoms with Crippen molar-refractivity contribution in [3.8, 4) is 0 Å². The minimum atomic E-state index is -1.82. The number of rotatable bonds is 5. The Bertz CT molecular complexity index is 298. The summed E-state index contributed by atoms with van der Waals surface area (Å²) >= 11 is 0. The van der Waals surface area contributed by atoms with Gasteiger partial charge >= 0.3 is 5.97 Å². The lowest BCUT2D eigenvalue weighted by molar-refractivity contribution is -0.158. The van der Waals surface area contributed by atoms with E-state index >= 15 is 0 Å². The number of likely N-dealkylation sites (N-methyl/N-ethyl adjacent to an activating group) is 1. The third kappa shape index (κ3) is 3.98. The lowest BCUT2D eigenvalue weighted by atomic mass is 10.1. The standard InChI is InChI=1S/C11H20N2O4/c1-11(17,10(15)16)8-12(2)7-9(14)13-5-3-4-6-13/h17H,3-8H2,1-2H3,(H,15,16). The molecular weight excluding hydrogens is 224 g/mol. The molecule has 6 heteroatoms. The fourth-order valence-corrected chi connectivity index (χ4v) is 1.95. The van der Waals surface area contributed by atoms with Gasteiger partial charge in [0.25, 0.3) is 0 Å². The van der Waals surface area contributed by atoms with Crippen LogP contribution in [0, 0.1) is 0 Å². The number of amides is 1. The maximum Gasteiger partial charge on any atom is 0.336 e. The van der Waals surface area contributed by atoms with Crippen LogP contribution in [0.5, 0.6) is 0 Å². The molecule has 1 aliphatic heterocycles. The molecule has 17 heavy (non-hydrogen) atoms. The Labute approximate surface area is 101 Å². The molecule has 1 aliphatic rings. The largest absolute Gasteiger partial charge is 0.479 e. The Balaban J connectivity index is 2.41. The van der Waals surface area contributed by atoms with Gasteiger partial charge < -0.3 is 15.1 Å². The smallest absolute Gasteiger partial charge is 0.336 e. The average Bonchev–Trinajstić information content (AvgIpc) is 2.68. The van der Waals surface area contributed by atoms with Crippen LogP contribution in [0.3, 0.4) is 0 Å². The van der Waals surface area contributed by atoms with Crippen LogP contribution in [0.2, 0.25) is 0 Å². The summed E-state index contributed by atoms with van der Waals surface area (Å²) in [6.45, 7) is 2.86. The minimum absolute atomic E-state index is 0.00816. The second kappa shape index (κ2) is 5.46. The van der Waals surface area contributed by atoms with Crippen LogP contribution in [0.15, 0.2) is 0 Å². The number of carboxylic acid groups (broad SMARTS) is 1. The van der Waals surface area contributed by atoms with E-state index in [1.165, 1.54) is 11.8 Å². The molecule has 0 bridgehead atoms. The van der Waals surface area contributed by atoms with Crippen LogP contribution >= 0.6 is 0 Å². The quantitative estimate of drug-likeness (QED) is 0.673. The average molecular weight is 244 g/mol. The Kier molecular flexibility index (Phi) is 4.47. The Morgan fingerprint density at radius 2 is 1.88 bits per heavy atom. The highest BCUT2D eigenvalue weighted by molar-refractivity contribution is 5.79. The van der Waals surface area contributed by atoms with E-state index < -0.39 is 11.6 Å². The van der Waals surface area contributed by atoms with Gasteiger partial charge in [-0.1, -0.05) is 0 Å². The van der Waals surface area contributed by atoms with Gasteiger partial charge in [-0.05, 0) is 26.8 Å². The molecular formula is C11H20N2O4. The first-order chi connectivity index (χ1) is 7.83. The summed E-state index contributed by atoms with van der Waals surface area (Å²) in [4.78, 5) is 25.8. The van der Waals surface area contributed by atoms with E-state index in [4.69, 9.17) is 5.11 Å². The summed E-state index contributed by atoms with van der Waals surface area (Å²) in [5, 5.41) is 18.3. The van der Waals surface area contributed by atoms with Crippen LogP contribution in [0.25, 0.3) is 0 Å². The molecule has 6 nitrogen and oxygen atoms in total. The first-order valence-electron chi connectivity index (χ1n) is 5.75. The Morgan fingerprint density at radius 3 is 2.35 bits per heavy atom. The van der Waals surface area contributed by atoms with E-state index in [2.05, 4.69) is 0 Å². The van der Waals surface area contributed by atoms with Gasteiger partial charge in [0.2, 0.25) is 5.91 Å². The van der Waals surface area contributed by atoms with Gasteiger partial charge in [0.15, 0.2) is 5.60 Å². The molecule has 0 aliphatic carbocycles. The highest BCUT2D eigenvalue weighted by atomic mass is 16.4. The molecule has 1 amide bonds. The van der Waals surface area contributed by atoms with Crippen molar-refractivity contribution in [2.75, 3.05) is 33.2 Å². The van der Waals surface area contributed by atoms with Crippen LogP contribution in [0.4, 0.5) is 0 Å². The van der Waals surface area contributed by atoms with Crippen molar-refractivity contribution in [1.29, 1.82) is 0 Å². The topological polar surface area (TPSA) is 81.1 Å². The molecule has 1 fully saturated rings. The van der Waals surface area contributed by atoms with Crippen LogP contribution in [-0.4, -0.2) is 70.7 Å². The maximum atomic E-state index is 11.8. The fraction of sp³-hybridized carbons (Fsp3) is 0.818. The molecule has 0 radical (unpaired) electrons. The number of carbonyl (C=O) groups is 2. The molecule has 1 unspecified atom stereocenters. The number of aliphatic carboxylic acids is 1. The number of hydrogen-bond acceptors (Lipinski definition) is 4. The third-order valence-corrected chi connectivity index (χ3v) is 2.90. The molecule has 0 aromatic carbocycles. The Hall–Kier alpha value is -1.14. The SMILES string of the molecule is CN(CC(=O)N1CCCC1)CC(C)(O)C(=O)O. The molecule has 0 aromatic rings. The molecule has 1 heterocycles. The lowest BCUT2D eigenvalue weighted by Crippen LogP contribution is -2.48. The molecule has 1 saturated heterocycles. The fourth-order valence-electron chi connectivity index (χ4n) is 1.95. The molecule has 0 saturated carbocycles. The summed E-state index contributed by atoms with van der Waals surface area (Å²) in [5.74, 6) is -1.29. The lowest BCUT2D eigenvalue weighted by Gasteiger charge is -2.26. The second-order valence-corrected chi connectivity index (χ2v) is 4.84. The molecule has 98 valence electrons. The highest BCUT2D eigenvalue weighted by Crippen LogP contribution is 2.09. The van der Waals surface area contributed by atoms with Crippen molar-refractivity contribution < 1.29 is 19.8 Å². The number of hydrogen-bond donors (Lipinski definition) is 2. The summed E-state index contributed by atoms with van der Waals surface area (Å²) in [6, 6.07) is 0. The van der Waals surface area contributed by atoms with Crippen LogP contribution in [0.1, 0.15) is 19.8 Å². The predicted molar refractivity (Wildman–Crippen MR) is 61.6 cm³/mol. The van der Waals surface area contributed by atoms with Gasteiger partial charge in [-0.25, -0.2) is 4.79 Å². The normalized spacial score (nSPS) is 19.4. The molecule has 2 N–H and O–H groups in total. The Morgan fingerprint density at radius 1 is 1.35 bits per heavy atom. The maximum absolute atomic E-state index is 11.8. The van der Waals surface area contributed by atoms with Crippen LogP contribution in [-0.2, 0) is 9.59 Å². The first kappa shape index (κ1) is 13.9. The van der Waals surface area contributed by atoms with E-state index in [9.17, 15) is 14.7 Å². The van der Waals surface area contributed by atoms with E-state index in [-0.39, 0.29) is 19.0 Å². The van der Waals surface area contributed by atoms with Gasteiger partial charge in [-0.3, -0.25) is 9.69 Å². The molecule has 1 rings (SSSR count). The van der Waals surface area contributed by atoms with E-state index in [1.54, 1.807) is 11.9 Å². The zero-order chi connectivity index (χ0) is 13.1. The predicted octanol–water partition coefficient (Wildman–Crippen LogP) is -0.624. The van der Waals surface area contributed by atoms with Gasteiger partial charge in [-0.2, -0.15) is 0 Å². The van der Waals surface area contributed by atoms with Crippen LogP contribution < -0.4 is 0 Å². The van der Waals surface area contributed by atoms with Gasteiger partial charge in [0.05, 0.1) is 6.54 Å².